The Balaban J connectivity index is 1.55. The molecule has 5 nitrogen and oxygen atoms in total. The average molecular weight is 428 g/mol. The van der Waals surface area contributed by atoms with Gasteiger partial charge >= 0.3 is 5.97 Å². The predicted octanol–water partition coefficient (Wildman–Crippen LogP) is 5.65. The van der Waals surface area contributed by atoms with E-state index in [9.17, 15) is 4.79 Å². The van der Waals surface area contributed by atoms with Gasteiger partial charge in [0.2, 0.25) is 0 Å². The fraction of sp³-hybridized carbons (Fsp3) is 0.148. The molecule has 0 aliphatic carbocycles. The number of methoxy groups -OCH3 is 1. The van der Waals surface area contributed by atoms with Crippen LogP contribution in [0.25, 0.3) is 11.8 Å². The van der Waals surface area contributed by atoms with Crippen LogP contribution in [0.15, 0.2) is 84.4 Å². The summed E-state index contributed by atoms with van der Waals surface area (Å²) < 4.78 is 22.4. The first kappa shape index (κ1) is 21.2. The van der Waals surface area contributed by atoms with Gasteiger partial charge in [0, 0.05) is 5.56 Å². The lowest BCUT2D eigenvalue weighted by Gasteiger charge is -2.13. The summed E-state index contributed by atoms with van der Waals surface area (Å²) in [7, 11) is 1.61. The van der Waals surface area contributed by atoms with Crippen molar-refractivity contribution < 1.29 is 23.7 Å². The molecule has 1 aliphatic heterocycles. The van der Waals surface area contributed by atoms with Crippen LogP contribution in [0.4, 0.5) is 0 Å². The van der Waals surface area contributed by atoms with Crippen molar-refractivity contribution in [2.45, 2.75) is 13.5 Å². The van der Waals surface area contributed by atoms with E-state index in [-0.39, 0.29) is 0 Å². The lowest BCUT2D eigenvalue weighted by Crippen LogP contribution is -2.00. The summed E-state index contributed by atoms with van der Waals surface area (Å²) in [4.78, 5) is 12.4. The standard InChI is InChI=1S/C27H24O5/c1-3-30-26-16-20(9-14-24(26)31-18-19-7-5-4-6-8-19)15-22-17-25(32-27(22)28)21-10-12-23(29-2)13-11-21/h4-17H,3,18H2,1-2H3/b22-15-. The molecule has 0 unspecified atom stereocenters. The van der Waals surface area contributed by atoms with Crippen molar-refractivity contribution >= 4 is 17.8 Å². The monoisotopic (exact) mass is 428 g/mol. The molecule has 0 aromatic heterocycles. The Labute approximate surface area is 187 Å². The van der Waals surface area contributed by atoms with Gasteiger partial charge in [-0.2, -0.15) is 0 Å². The van der Waals surface area contributed by atoms with Crippen molar-refractivity contribution in [3.05, 3.63) is 101 Å². The van der Waals surface area contributed by atoms with Crippen LogP contribution < -0.4 is 14.2 Å². The minimum absolute atomic E-state index is 0.391. The summed E-state index contributed by atoms with van der Waals surface area (Å²) in [5.74, 6) is 2.15. The molecule has 0 bridgehead atoms. The van der Waals surface area contributed by atoms with Crippen molar-refractivity contribution in [1.82, 2.24) is 0 Å². The summed E-state index contributed by atoms with van der Waals surface area (Å²) in [5.41, 5.74) is 3.17. The zero-order valence-corrected chi connectivity index (χ0v) is 18.0. The SMILES string of the molecule is CCOc1cc(/C=C2/C=C(c3ccc(OC)cc3)OC2=O)ccc1OCc1ccccc1. The molecule has 32 heavy (non-hydrogen) atoms. The van der Waals surface area contributed by atoms with Crippen LogP contribution in [-0.4, -0.2) is 19.7 Å². The molecule has 0 saturated carbocycles. The van der Waals surface area contributed by atoms with Gasteiger partial charge in [-0.1, -0.05) is 36.4 Å². The van der Waals surface area contributed by atoms with E-state index >= 15 is 0 Å². The number of cyclic esters (lactones) is 1. The second kappa shape index (κ2) is 9.88. The van der Waals surface area contributed by atoms with Crippen LogP contribution in [0, 0.1) is 0 Å². The Morgan fingerprint density at radius 3 is 2.41 bits per heavy atom. The molecule has 3 aromatic carbocycles. The Bertz CT molecular complexity index is 1140. The van der Waals surface area contributed by atoms with E-state index < -0.39 is 5.97 Å². The van der Waals surface area contributed by atoms with E-state index in [1.54, 1.807) is 19.3 Å². The summed E-state index contributed by atoms with van der Waals surface area (Å²) in [6.07, 6.45) is 3.52. The van der Waals surface area contributed by atoms with Gasteiger partial charge in [0.15, 0.2) is 11.5 Å². The van der Waals surface area contributed by atoms with Crippen LogP contribution in [0.5, 0.6) is 17.2 Å². The van der Waals surface area contributed by atoms with Crippen LogP contribution in [0.2, 0.25) is 0 Å². The second-order valence-electron chi connectivity index (χ2n) is 7.14. The largest absolute Gasteiger partial charge is 0.497 e. The fourth-order valence-corrected chi connectivity index (χ4v) is 3.30. The number of benzene rings is 3. The molecule has 0 N–H and O–H groups in total. The van der Waals surface area contributed by atoms with Crippen LogP contribution in [-0.2, 0) is 16.1 Å². The minimum Gasteiger partial charge on any atom is -0.497 e. The van der Waals surface area contributed by atoms with Gasteiger partial charge in [-0.3, -0.25) is 0 Å². The lowest BCUT2D eigenvalue weighted by molar-refractivity contribution is -0.130. The number of rotatable bonds is 8. The number of esters is 1. The van der Waals surface area contributed by atoms with Gasteiger partial charge in [-0.05, 0) is 66.6 Å². The molecule has 0 radical (unpaired) electrons. The quantitative estimate of drug-likeness (QED) is 0.343. The molecule has 1 aliphatic rings. The molecule has 0 atom stereocenters. The maximum absolute atomic E-state index is 12.4. The third-order valence-corrected chi connectivity index (χ3v) is 4.93. The third-order valence-electron chi connectivity index (χ3n) is 4.93. The molecule has 162 valence electrons. The maximum atomic E-state index is 12.4. The number of carbonyl (C=O) groups excluding carboxylic acids is 1. The molecule has 0 amide bonds. The van der Waals surface area contributed by atoms with E-state index in [1.807, 2.05) is 79.7 Å². The van der Waals surface area contributed by atoms with E-state index in [0.29, 0.717) is 36.0 Å². The van der Waals surface area contributed by atoms with Gasteiger partial charge in [0.05, 0.1) is 19.3 Å². The first-order valence-corrected chi connectivity index (χ1v) is 10.4. The average Bonchev–Trinajstić information content (AvgIpc) is 3.19. The van der Waals surface area contributed by atoms with E-state index in [0.717, 1.165) is 22.4 Å². The summed E-state index contributed by atoms with van der Waals surface area (Å²) >= 11 is 0. The Morgan fingerprint density at radius 2 is 1.69 bits per heavy atom. The molecule has 3 aromatic rings. The molecular weight excluding hydrogens is 404 g/mol. The highest BCUT2D eigenvalue weighted by Crippen LogP contribution is 2.32. The Hall–Kier alpha value is -3.99. The van der Waals surface area contributed by atoms with Crippen molar-refractivity contribution in [3.8, 4) is 17.2 Å². The van der Waals surface area contributed by atoms with Gasteiger partial charge in [-0.15, -0.1) is 0 Å². The summed E-state index contributed by atoms with van der Waals surface area (Å²) in [5, 5.41) is 0. The van der Waals surface area contributed by atoms with E-state index in [4.69, 9.17) is 18.9 Å². The van der Waals surface area contributed by atoms with Crippen molar-refractivity contribution in [2.24, 2.45) is 0 Å². The topological polar surface area (TPSA) is 54.0 Å². The molecule has 5 heteroatoms. The highest BCUT2D eigenvalue weighted by molar-refractivity contribution is 6.05. The minimum atomic E-state index is -0.391. The smallest absolute Gasteiger partial charge is 0.343 e. The molecule has 4 rings (SSSR count). The first-order chi connectivity index (χ1) is 15.7. The van der Waals surface area contributed by atoms with E-state index in [1.165, 1.54) is 0 Å². The molecule has 0 spiro atoms. The van der Waals surface area contributed by atoms with Crippen molar-refractivity contribution in [3.63, 3.8) is 0 Å². The second-order valence-corrected chi connectivity index (χ2v) is 7.14. The van der Waals surface area contributed by atoms with Gasteiger partial charge in [-0.25, -0.2) is 4.79 Å². The third kappa shape index (κ3) is 5.01. The molecule has 1 heterocycles. The molecule has 0 saturated heterocycles. The van der Waals surface area contributed by atoms with Crippen LogP contribution in [0.1, 0.15) is 23.6 Å². The number of carbonyl (C=O) groups is 1. The maximum Gasteiger partial charge on any atom is 0.343 e. The fourth-order valence-electron chi connectivity index (χ4n) is 3.30. The van der Waals surface area contributed by atoms with Gasteiger partial charge in [0.1, 0.15) is 18.1 Å². The van der Waals surface area contributed by atoms with Gasteiger partial charge < -0.3 is 18.9 Å². The first-order valence-electron chi connectivity index (χ1n) is 10.4. The number of ether oxygens (including phenoxy) is 4. The predicted molar refractivity (Wildman–Crippen MR) is 123 cm³/mol. The Morgan fingerprint density at radius 1 is 0.906 bits per heavy atom. The van der Waals surface area contributed by atoms with Crippen molar-refractivity contribution in [1.29, 1.82) is 0 Å². The number of hydrogen-bond donors (Lipinski definition) is 0. The Kier molecular flexibility index (Phi) is 6.56. The summed E-state index contributed by atoms with van der Waals surface area (Å²) in [6, 6.07) is 22.9. The molecule has 0 fully saturated rings. The zero-order valence-electron chi connectivity index (χ0n) is 18.0. The number of hydrogen-bond acceptors (Lipinski definition) is 5. The lowest BCUT2D eigenvalue weighted by atomic mass is 10.1. The summed E-state index contributed by atoms with van der Waals surface area (Å²) in [6.45, 7) is 2.87. The zero-order chi connectivity index (χ0) is 22.3. The van der Waals surface area contributed by atoms with Crippen molar-refractivity contribution in [2.75, 3.05) is 13.7 Å². The normalized spacial score (nSPS) is 14.1. The highest BCUT2D eigenvalue weighted by atomic mass is 16.5. The van der Waals surface area contributed by atoms with E-state index in [2.05, 4.69) is 0 Å². The van der Waals surface area contributed by atoms with Gasteiger partial charge in [0.25, 0.3) is 0 Å². The highest BCUT2D eigenvalue weighted by Gasteiger charge is 2.22. The van der Waals surface area contributed by atoms with Crippen LogP contribution >= 0.6 is 0 Å². The molecular formula is C27H24O5. The van der Waals surface area contributed by atoms with Crippen LogP contribution in [0.3, 0.4) is 0 Å².